The van der Waals surface area contributed by atoms with Crippen molar-refractivity contribution in [1.82, 2.24) is 10.6 Å². The van der Waals surface area contributed by atoms with Gasteiger partial charge in [-0.05, 0) is 44.1 Å². The Hall–Kier alpha value is -0.830. The van der Waals surface area contributed by atoms with Gasteiger partial charge in [0.15, 0.2) is 0 Å². The Kier molecular flexibility index (Phi) is 4.21. The zero-order valence-electron chi connectivity index (χ0n) is 11.0. The van der Waals surface area contributed by atoms with Crippen LogP contribution in [0.3, 0.4) is 0 Å². The van der Waals surface area contributed by atoms with E-state index in [1.54, 1.807) is 0 Å². The van der Waals surface area contributed by atoms with Crippen LogP contribution in [0, 0.1) is 5.92 Å². The van der Waals surface area contributed by atoms with Crippen molar-refractivity contribution < 1.29 is 4.79 Å². The Morgan fingerprint density at radius 2 is 1.94 bits per heavy atom. The fourth-order valence-electron chi connectivity index (χ4n) is 2.68. The highest BCUT2D eigenvalue weighted by Gasteiger charge is 2.23. The summed E-state index contributed by atoms with van der Waals surface area (Å²) >= 11 is 0. The number of carbonyl (C=O) groups is 1. The van der Waals surface area contributed by atoms with Crippen molar-refractivity contribution in [3.05, 3.63) is 11.1 Å². The lowest BCUT2D eigenvalue weighted by atomic mass is 9.84. The lowest BCUT2D eigenvalue weighted by Crippen LogP contribution is -2.41. The molecule has 0 aromatic heterocycles. The standard InChI is InChI=1S/C14H24N2O/c1-3-11-4-6-13(7-5-11)16-14(17)10(2)12-8-15-9-12/h11,13,15H,3-9H2,1-2H3,(H,16,17). The van der Waals surface area contributed by atoms with Crippen molar-refractivity contribution >= 4 is 5.91 Å². The molecule has 2 fully saturated rings. The van der Waals surface area contributed by atoms with Crippen LogP contribution >= 0.6 is 0 Å². The zero-order chi connectivity index (χ0) is 12.3. The summed E-state index contributed by atoms with van der Waals surface area (Å²) in [5, 5.41) is 6.36. The third-order valence-corrected chi connectivity index (χ3v) is 4.31. The number of amides is 1. The average Bonchev–Trinajstić information content (AvgIpc) is 2.27. The van der Waals surface area contributed by atoms with Gasteiger partial charge >= 0.3 is 0 Å². The Morgan fingerprint density at radius 1 is 1.29 bits per heavy atom. The van der Waals surface area contributed by atoms with Crippen molar-refractivity contribution in [2.75, 3.05) is 13.1 Å². The van der Waals surface area contributed by atoms with Gasteiger partial charge in [0.2, 0.25) is 5.91 Å². The van der Waals surface area contributed by atoms with Gasteiger partial charge in [-0.1, -0.05) is 13.3 Å². The van der Waals surface area contributed by atoms with Crippen LogP contribution in [0.1, 0.15) is 46.0 Å². The molecular formula is C14H24N2O. The highest BCUT2D eigenvalue weighted by molar-refractivity contribution is 5.94. The second-order valence-electron chi connectivity index (χ2n) is 5.43. The van der Waals surface area contributed by atoms with Crippen LogP contribution < -0.4 is 10.6 Å². The van der Waals surface area contributed by atoms with Crippen LogP contribution in [-0.4, -0.2) is 25.0 Å². The van der Waals surface area contributed by atoms with Gasteiger partial charge in [0.25, 0.3) is 0 Å². The topological polar surface area (TPSA) is 41.1 Å². The summed E-state index contributed by atoms with van der Waals surface area (Å²) in [6.45, 7) is 5.99. The van der Waals surface area contributed by atoms with Gasteiger partial charge < -0.3 is 10.6 Å². The molecule has 1 aliphatic heterocycles. The van der Waals surface area contributed by atoms with Gasteiger partial charge in [-0.3, -0.25) is 4.79 Å². The van der Waals surface area contributed by atoms with E-state index in [2.05, 4.69) is 17.6 Å². The quantitative estimate of drug-likeness (QED) is 0.736. The van der Waals surface area contributed by atoms with Crippen LogP contribution in [0.4, 0.5) is 0 Å². The van der Waals surface area contributed by atoms with Crippen LogP contribution in [0.5, 0.6) is 0 Å². The molecular weight excluding hydrogens is 212 g/mol. The highest BCUT2D eigenvalue weighted by atomic mass is 16.1. The maximum absolute atomic E-state index is 12.0. The first-order valence-electron chi connectivity index (χ1n) is 6.91. The Labute approximate surface area is 104 Å². The van der Waals surface area contributed by atoms with E-state index < -0.39 is 0 Å². The molecule has 17 heavy (non-hydrogen) atoms. The molecule has 1 amide bonds. The minimum Gasteiger partial charge on any atom is -0.350 e. The summed E-state index contributed by atoms with van der Waals surface area (Å²) < 4.78 is 0. The predicted octanol–water partition coefficient (Wildman–Crippen LogP) is 1.99. The molecule has 1 heterocycles. The fraction of sp³-hybridized carbons (Fsp3) is 0.786. The summed E-state index contributed by atoms with van der Waals surface area (Å²) in [5.74, 6) is 1.04. The minimum absolute atomic E-state index is 0.154. The van der Waals surface area contributed by atoms with Crippen molar-refractivity contribution in [3.63, 3.8) is 0 Å². The van der Waals surface area contributed by atoms with Crippen molar-refractivity contribution in [1.29, 1.82) is 0 Å². The van der Waals surface area contributed by atoms with E-state index in [9.17, 15) is 4.79 Å². The Balaban J connectivity index is 1.80. The molecule has 1 saturated heterocycles. The van der Waals surface area contributed by atoms with Gasteiger partial charge in [-0.15, -0.1) is 0 Å². The maximum Gasteiger partial charge on any atom is 0.247 e. The number of nitrogens with one attached hydrogen (secondary N) is 2. The second-order valence-corrected chi connectivity index (χ2v) is 5.43. The molecule has 3 heteroatoms. The first-order chi connectivity index (χ1) is 8.20. The molecule has 0 aromatic rings. The van der Waals surface area contributed by atoms with E-state index in [0.29, 0.717) is 6.04 Å². The second kappa shape index (κ2) is 5.67. The number of hydrogen-bond donors (Lipinski definition) is 2. The summed E-state index contributed by atoms with van der Waals surface area (Å²) in [6, 6.07) is 0.411. The SMILES string of the molecule is CCC1CCC(NC(=O)C(C)=C2CNC2)CC1. The summed E-state index contributed by atoms with van der Waals surface area (Å²) in [4.78, 5) is 12.0. The highest BCUT2D eigenvalue weighted by Crippen LogP contribution is 2.26. The molecule has 0 radical (unpaired) electrons. The lowest BCUT2D eigenvalue weighted by molar-refractivity contribution is -0.118. The van der Waals surface area contributed by atoms with Crippen molar-refractivity contribution in [2.24, 2.45) is 5.92 Å². The maximum atomic E-state index is 12.0. The molecule has 2 rings (SSSR count). The average molecular weight is 236 g/mol. The molecule has 1 saturated carbocycles. The smallest absolute Gasteiger partial charge is 0.247 e. The van der Waals surface area contributed by atoms with Gasteiger partial charge in [0.05, 0.1) is 0 Å². The third-order valence-electron chi connectivity index (χ3n) is 4.31. The molecule has 0 unspecified atom stereocenters. The number of rotatable bonds is 3. The molecule has 0 spiro atoms. The van der Waals surface area contributed by atoms with Gasteiger partial charge in [-0.25, -0.2) is 0 Å². The van der Waals surface area contributed by atoms with E-state index >= 15 is 0 Å². The van der Waals surface area contributed by atoms with Crippen LogP contribution in [0.2, 0.25) is 0 Å². The Morgan fingerprint density at radius 3 is 2.41 bits per heavy atom. The van der Waals surface area contributed by atoms with Crippen LogP contribution in [0.15, 0.2) is 11.1 Å². The van der Waals surface area contributed by atoms with E-state index in [1.165, 1.54) is 24.8 Å². The molecule has 0 aromatic carbocycles. The molecule has 96 valence electrons. The number of carbonyl (C=O) groups excluding carboxylic acids is 1. The normalized spacial score (nSPS) is 28.5. The lowest BCUT2D eigenvalue weighted by Gasteiger charge is -2.29. The molecule has 2 aliphatic rings. The van der Waals surface area contributed by atoms with Gasteiger partial charge in [-0.2, -0.15) is 0 Å². The van der Waals surface area contributed by atoms with Gasteiger partial charge in [0.1, 0.15) is 0 Å². The fourth-order valence-corrected chi connectivity index (χ4v) is 2.68. The minimum atomic E-state index is 0.154. The summed E-state index contributed by atoms with van der Waals surface area (Å²) in [5.41, 5.74) is 2.20. The summed E-state index contributed by atoms with van der Waals surface area (Å²) in [6.07, 6.45) is 6.16. The molecule has 0 atom stereocenters. The molecule has 0 bridgehead atoms. The van der Waals surface area contributed by atoms with E-state index in [-0.39, 0.29) is 5.91 Å². The summed E-state index contributed by atoms with van der Waals surface area (Å²) in [7, 11) is 0. The van der Waals surface area contributed by atoms with Gasteiger partial charge in [0, 0.05) is 24.7 Å². The van der Waals surface area contributed by atoms with Crippen molar-refractivity contribution in [2.45, 2.75) is 52.0 Å². The molecule has 3 nitrogen and oxygen atoms in total. The van der Waals surface area contributed by atoms with Crippen molar-refractivity contribution in [3.8, 4) is 0 Å². The Bertz CT molecular complexity index is 308. The van der Waals surface area contributed by atoms with Crippen LogP contribution in [0.25, 0.3) is 0 Å². The first-order valence-corrected chi connectivity index (χ1v) is 6.91. The van der Waals surface area contributed by atoms with E-state index in [0.717, 1.165) is 37.4 Å². The molecule has 1 aliphatic carbocycles. The number of hydrogen-bond acceptors (Lipinski definition) is 2. The van der Waals surface area contributed by atoms with Crippen LogP contribution in [-0.2, 0) is 4.79 Å². The van der Waals surface area contributed by atoms with E-state index in [1.807, 2.05) is 6.92 Å². The van der Waals surface area contributed by atoms with E-state index in [4.69, 9.17) is 0 Å². The first kappa shape index (κ1) is 12.6. The zero-order valence-corrected chi connectivity index (χ0v) is 11.0. The monoisotopic (exact) mass is 236 g/mol. The third kappa shape index (κ3) is 3.09. The largest absolute Gasteiger partial charge is 0.350 e. The molecule has 2 N–H and O–H groups in total. The predicted molar refractivity (Wildman–Crippen MR) is 69.7 cm³/mol.